The molecule has 146 valence electrons. The highest BCUT2D eigenvalue weighted by Crippen LogP contribution is 2.20. The topological polar surface area (TPSA) is 69.7 Å². The van der Waals surface area contributed by atoms with Crippen molar-refractivity contribution >= 4 is 21.8 Å². The third-order valence-corrected chi connectivity index (χ3v) is 6.51. The van der Waals surface area contributed by atoms with Crippen LogP contribution in [0.5, 0.6) is 0 Å². The number of aryl methyl sites for hydroxylation is 2. The molecule has 6 nitrogen and oxygen atoms in total. The Hall–Kier alpha value is -2.38. The Morgan fingerprint density at radius 1 is 0.963 bits per heavy atom. The van der Waals surface area contributed by atoms with E-state index in [-0.39, 0.29) is 11.9 Å². The molecule has 0 unspecified atom stereocenters. The first kappa shape index (κ1) is 20.9. The Morgan fingerprint density at radius 3 is 2.07 bits per heavy atom. The Balaban J connectivity index is 2.12. The van der Waals surface area contributed by atoms with Gasteiger partial charge in [0.05, 0.1) is 11.7 Å². The molecule has 0 spiro atoms. The lowest BCUT2D eigenvalue weighted by Gasteiger charge is -2.23. The molecule has 0 saturated carbocycles. The molecule has 0 aliphatic rings. The van der Waals surface area contributed by atoms with Crippen molar-refractivity contribution in [2.24, 2.45) is 0 Å². The smallest absolute Gasteiger partial charge is 0.303 e. The summed E-state index contributed by atoms with van der Waals surface area (Å²) in [6.45, 7) is 6.04. The second kappa shape index (κ2) is 8.10. The molecule has 0 radical (unpaired) electrons. The minimum atomic E-state index is -3.56. The molecule has 0 fully saturated rings. The van der Waals surface area contributed by atoms with Crippen LogP contribution < -0.4 is 9.62 Å². The van der Waals surface area contributed by atoms with Crippen LogP contribution in [-0.4, -0.2) is 39.8 Å². The Labute approximate surface area is 162 Å². The van der Waals surface area contributed by atoms with Crippen molar-refractivity contribution in [2.75, 3.05) is 25.4 Å². The van der Waals surface area contributed by atoms with E-state index in [0.29, 0.717) is 11.3 Å². The average molecular weight is 390 g/mol. The molecule has 0 aliphatic carbocycles. The number of carbonyl (C=O) groups is 1. The standard InChI is InChI=1S/C20H27N3O3S/c1-14-7-8-18(13-15(14)2)16(3)21-20(24)17-9-11-19(12-10-17)23(6)27(25,26)22(4)5/h7-13,16H,1-6H3,(H,21,24)/t16-/m0/s1. The molecule has 1 N–H and O–H groups in total. The summed E-state index contributed by atoms with van der Waals surface area (Å²) in [5.41, 5.74) is 4.40. The summed E-state index contributed by atoms with van der Waals surface area (Å²) < 4.78 is 26.7. The lowest BCUT2D eigenvalue weighted by Crippen LogP contribution is -2.37. The molecule has 7 heteroatoms. The van der Waals surface area contributed by atoms with Crippen LogP contribution in [0.1, 0.15) is 40.0 Å². The van der Waals surface area contributed by atoms with E-state index in [1.807, 2.05) is 26.0 Å². The number of hydrogen-bond acceptors (Lipinski definition) is 3. The SMILES string of the molecule is Cc1ccc([C@H](C)NC(=O)c2ccc(N(C)S(=O)(=O)N(C)C)cc2)cc1C. The highest BCUT2D eigenvalue weighted by molar-refractivity contribution is 7.90. The maximum Gasteiger partial charge on any atom is 0.303 e. The molecule has 0 bridgehead atoms. The first-order chi connectivity index (χ1) is 12.5. The molecule has 0 aliphatic heterocycles. The maximum absolute atomic E-state index is 12.5. The summed E-state index contributed by atoms with van der Waals surface area (Å²) >= 11 is 0. The number of anilines is 1. The molecule has 2 aromatic carbocycles. The molecule has 0 saturated heterocycles. The van der Waals surface area contributed by atoms with Crippen molar-refractivity contribution in [1.29, 1.82) is 0 Å². The fraction of sp³-hybridized carbons (Fsp3) is 0.350. The van der Waals surface area contributed by atoms with Gasteiger partial charge in [-0.2, -0.15) is 12.7 Å². The zero-order chi connectivity index (χ0) is 20.4. The molecule has 0 heterocycles. The van der Waals surface area contributed by atoms with Gasteiger partial charge in [0.1, 0.15) is 0 Å². The van der Waals surface area contributed by atoms with Crippen LogP contribution in [0.2, 0.25) is 0 Å². The van der Waals surface area contributed by atoms with Gasteiger partial charge in [0, 0.05) is 26.7 Å². The quantitative estimate of drug-likeness (QED) is 0.826. The van der Waals surface area contributed by atoms with E-state index >= 15 is 0 Å². The summed E-state index contributed by atoms with van der Waals surface area (Å²) in [7, 11) is 0.867. The highest BCUT2D eigenvalue weighted by atomic mass is 32.2. The number of amides is 1. The first-order valence-corrected chi connectivity index (χ1v) is 10.1. The van der Waals surface area contributed by atoms with Crippen LogP contribution in [0, 0.1) is 13.8 Å². The van der Waals surface area contributed by atoms with E-state index in [1.165, 1.54) is 36.6 Å². The molecule has 2 aromatic rings. The van der Waals surface area contributed by atoms with E-state index < -0.39 is 10.2 Å². The summed E-state index contributed by atoms with van der Waals surface area (Å²) in [6.07, 6.45) is 0. The molecule has 0 aromatic heterocycles. The Morgan fingerprint density at radius 2 is 1.56 bits per heavy atom. The van der Waals surface area contributed by atoms with E-state index in [1.54, 1.807) is 24.3 Å². The summed E-state index contributed by atoms with van der Waals surface area (Å²) in [6, 6.07) is 12.5. The molecular formula is C20H27N3O3S. The van der Waals surface area contributed by atoms with Gasteiger partial charge in [-0.25, -0.2) is 0 Å². The minimum Gasteiger partial charge on any atom is -0.346 e. The minimum absolute atomic E-state index is 0.131. The lowest BCUT2D eigenvalue weighted by atomic mass is 10.0. The first-order valence-electron chi connectivity index (χ1n) is 8.68. The van der Waals surface area contributed by atoms with Gasteiger partial charge in [-0.1, -0.05) is 18.2 Å². The van der Waals surface area contributed by atoms with Crippen molar-refractivity contribution in [2.45, 2.75) is 26.8 Å². The number of carbonyl (C=O) groups excluding carboxylic acids is 1. The van der Waals surface area contributed by atoms with Crippen molar-refractivity contribution in [3.05, 3.63) is 64.7 Å². The predicted molar refractivity (Wildman–Crippen MR) is 109 cm³/mol. The van der Waals surface area contributed by atoms with Crippen LogP contribution in [0.25, 0.3) is 0 Å². The summed E-state index contributed by atoms with van der Waals surface area (Å²) in [5, 5.41) is 2.98. The fourth-order valence-electron chi connectivity index (χ4n) is 2.60. The summed E-state index contributed by atoms with van der Waals surface area (Å²) in [4.78, 5) is 12.5. The van der Waals surface area contributed by atoms with Gasteiger partial charge in [0.15, 0.2) is 0 Å². The van der Waals surface area contributed by atoms with Gasteiger partial charge in [-0.15, -0.1) is 0 Å². The molecule has 2 rings (SSSR count). The van der Waals surface area contributed by atoms with E-state index in [9.17, 15) is 13.2 Å². The Bertz CT molecular complexity index is 922. The van der Waals surface area contributed by atoms with E-state index in [4.69, 9.17) is 0 Å². The van der Waals surface area contributed by atoms with Crippen LogP contribution >= 0.6 is 0 Å². The van der Waals surface area contributed by atoms with Gasteiger partial charge >= 0.3 is 10.2 Å². The van der Waals surface area contributed by atoms with Crippen LogP contribution in [0.4, 0.5) is 5.69 Å². The molecule has 1 atom stereocenters. The lowest BCUT2D eigenvalue weighted by molar-refractivity contribution is 0.0940. The van der Waals surface area contributed by atoms with Gasteiger partial charge in [-0.05, 0) is 61.7 Å². The van der Waals surface area contributed by atoms with Crippen molar-refractivity contribution in [3.63, 3.8) is 0 Å². The zero-order valence-corrected chi connectivity index (χ0v) is 17.5. The average Bonchev–Trinajstić information content (AvgIpc) is 2.63. The maximum atomic E-state index is 12.5. The number of hydrogen-bond donors (Lipinski definition) is 1. The number of benzene rings is 2. The van der Waals surface area contributed by atoms with Gasteiger partial charge in [0.2, 0.25) is 0 Å². The van der Waals surface area contributed by atoms with Crippen molar-refractivity contribution < 1.29 is 13.2 Å². The van der Waals surface area contributed by atoms with Gasteiger partial charge in [0.25, 0.3) is 5.91 Å². The number of nitrogens with zero attached hydrogens (tertiary/aromatic N) is 2. The van der Waals surface area contributed by atoms with E-state index in [2.05, 4.69) is 18.3 Å². The van der Waals surface area contributed by atoms with Gasteiger partial charge in [-0.3, -0.25) is 9.10 Å². The highest BCUT2D eigenvalue weighted by Gasteiger charge is 2.21. The Kier molecular flexibility index (Phi) is 6.28. The third-order valence-electron chi connectivity index (χ3n) is 4.68. The molecule has 1 amide bonds. The molecule has 27 heavy (non-hydrogen) atoms. The summed E-state index contributed by atoms with van der Waals surface area (Å²) in [5.74, 6) is -0.203. The number of nitrogens with one attached hydrogen (secondary N) is 1. The normalized spacial score (nSPS) is 12.7. The van der Waals surface area contributed by atoms with E-state index in [0.717, 1.165) is 9.87 Å². The zero-order valence-electron chi connectivity index (χ0n) is 16.6. The van der Waals surface area contributed by atoms with Crippen LogP contribution in [0.3, 0.4) is 0 Å². The van der Waals surface area contributed by atoms with Gasteiger partial charge < -0.3 is 5.32 Å². The second-order valence-electron chi connectivity index (χ2n) is 6.84. The van der Waals surface area contributed by atoms with Crippen LogP contribution in [0.15, 0.2) is 42.5 Å². The molecular weight excluding hydrogens is 362 g/mol. The monoisotopic (exact) mass is 389 g/mol. The predicted octanol–water partition coefficient (Wildman–Crippen LogP) is 3.04. The third kappa shape index (κ3) is 4.67. The van der Waals surface area contributed by atoms with Crippen LogP contribution in [-0.2, 0) is 10.2 Å². The largest absolute Gasteiger partial charge is 0.346 e. The second-order valence-corrected chi connectivity index (χ2v) is 9.02. The van der Waals surface area contributed by atoms with Crippen molar-refractivity contribution in [1.82, 2.24) is 9.62 Å². The number of rotatable bonds is 6. The fourth-order valence-corrected chi connectivity index (χ4v) is 3.48. The van der Waals surface area contributed by atoms with Crippen molar-refractivity contribution in [3.8, 4) is 0 Å².